The van der Waals surface area contributed by atoms with E-state index in [1.165, 1.54) is 20.8 Å². The molecular weight excluding hydrogens is 298 g/mol. The molecule has 2 aromatic rings. The van der Waals surface area contributed by atoms with E-state index in [-0.39, 0.29) is 5.88 Å². The van der Waals surface area contributed by atoms with E-state index in [0.29, 0.717) is 11.3 Å². The molecule has 23 heavy (non-hydrogen) atoms. The Labute approximate surface area is 133 Å². The number of carbonyl (C=O) groups excluding carboxylic acids is 3. The van der Waals surface area contributed by atoms with Gasteiger partial charge < -0.3 is 4.74 Å². The van der Waals surface area contributed by atoms with Crippen molar-refractivity contribution in [3.63, 3.8) is 0 Å². The molecule has 7 heteroatoms. The molecule has 0 saturated heterocycles. The minimum absolute atomic E-state index is 0.0339. The summed E-state index contributed by atoms with van der Waals surface area (Å²) in [6.45, 7) is 5.42. The van der Waals surface area contributed by atoms with Crippen molar-refractivity contribution in [2.24, 2.45) is 0 Å². The number of benzene rings is 1. The molecule has 0 aliphatic heterocycles. The van der Waals surface area contributed by atoms with Gasteiger partial charge in [-0.05, 0) is 12.5 Å². The number of hydrogen-bond acceptors (Lipinski definition) is 5. The third-order valence-electron chi connectivity index (χ3n) is 3.09. The molecule has 0 fully saturated rings. The maximum absolute atomic E-state index is 11.8. The van der Waals surface area contributed by atoms with E-state index in [9.17, 15) is 14.4 Å². The van der Waals surface area contributed by atoms with Gasteiger partial charge in [0.1, 0.15) is 0 Å². The van der Waals surface area contributed by atoms with Crippen LogP contribution in [0, 0.1) is 6.92 Å². The molecule has 0 radical (unpaired) electrons. The Morgan fingerprint density at radius 3 is 2.09 bits per heavy atom. The van der Waals surface area contributed by atoms with Crippen LogP contribution in [0.5, 0.6) is 5.88 Å². The fourth-order valence-electron chi connectivity index (χ4n) is 2.28. The number of aromatic nitrogens is 2. The largest absolute Gasteiger partial charge is 0.405 e. The van der Waals surface area contributed by atoms with Gasteiger partial charge in [-0.1, -0.05) is 30.3 Å². The van der Waals surface area contributed by atoms with Crippen LogP contribution in [-0.2, 0) is 14.4 Å². The van der Waals surface area contributed by atoms with Gasteiger partial charge in [0.2, 0.25) is 17.7 Å². The third kappa shape index (κ3) is 3.28. The molecule has 2 amide bonds. The molecule has 2 rings (SSSR count). The fraction of sp³-hybridized carbons (Fsp3) is 0.250. The predicted octanol–water partition coefficient (Wildman–Crippen LogP) is 1.81. The van der Waals surface area contributed by atoms with Gasteiger partial charge in [-0.25, -0.2) is 0 Å². The molecule has 0 bridgehead atoms. The zero-order valence-corrected chi connectivity index (χ0v) is 13.4. The second-order valence-electron chi connectivity index (χ2n) is 4.96. The number of esters is 1. The summed E-state index contributed by atoms with van der Waals surface area (Å²) < 4.78 is 5.25. The highest BCUT2D eigenvalue weighted by atomic mass is 16.5. The summed E-state index contributed by atoms with van der Waals surface area (Å²) >= 11 is 0. The van der Waals surface area contributed by atoms with E-state index in [1.54, 1.807) is 6.92 Å². The Hall–Kier alpha value is -2.96. The van der Waals surface area contributed by atoms with Crippen LogP contribution in [0.3, 0.4) is 0 Å². The summed E-state index contributed by atoms with van der Waals surface area (Å²) in [5, 5.41) is 5.02. The molecule has 0 aliphatic rings. The molecule has 1 heterocycles. The standard InChI is InChI=1S/C16H17N3O4/c1-10-15(14-8-6-5-7-9-14)16(23-13(4)22)19(17-10)18(11(2)20)12(3)21/h5-9H,1-4H3. The van der Waals surface area contributed by atoms with E-state index in [4.69, 9.17) is 4.74 Å². The van der Waals surface area contributed by atoms with Gasteiger partial charge >= 0.3 is 5.97 Å². The molecule has 0 N–H and O–H groups in total. The van der Waals surface area contributed by atoms with E-state index < -0.39 is 17.8 Å². The maximum Gasteiger partial charge on any atom is 0.309 e. The highest BCUT2D eigenvalue weighted by molar-refractivity contribution is 6.06. The zero-order valence-electron chi connectivity index (χ0n) is 13.4. The van der Waals surface area contributed by atoms with Crippen molar-refractivity contribution < 1.29 is 19.1 Å². The first-order valence-electron chi connectivity index (χ1n) is 6.98. The van der Waals surface area contributed by atoms with Gasteiger partial charge in [-0.2, -0.15) is 10.1 Å². The molecule has 0 atom stereocenters. The molecule has 0 unspecified atom stereocenters. The molecule has 0 spiro atoms. The Morgan fingerprint density at radius 2 is 1.61 bits per heavy atom. The average molecular weight is 315 g/mol. The first-order valence-corrected chi connectivity index (χ1v) is 6.98. The van der Waals surface area contributed by atoms with E-state index in [0.717, 1.165) is 15.4 Å². The molecule has 7 nitrogen and oxygen atoms in total. The Bertz CT molecular complexity index is 751. The van der Waals surface area contributed by atoms with Crippen molar-refractivity contribution in [3.05, 3.63) is 36.0 Å². The number of amides is 2. The average Bonchev–Trinajstić information content (AvgIpc) is 2.74. The minimum Gasteiger partial charge on any atom is -0.405 e. The smallest absolute Gasteiger partial charge is 0.309 e. The first-order chi connectivity index (χ1) is 10.8. The lowest BCUT2D eigenvalue weighted by Gasteiger charge is -2.18. The van der Waals surface area contributed by atoms with Crippen LogP contribution in [-0.4, -0.2) is 27.7 Å². The number of aryl methyl sites for hydroxylation is 1. The van der Waals surface area contributed by atoms with Crippen LogP contribution in [0.15, 0.2) is 30.3 Å². The summed E-state index contributed by atoms with van der Waals surface area (Å²) in [6.07, 6.45) is 0. The number of ether oxygens (including phenoxy) is 1. The van der Waals surface area contributed by atoms with Crippen LogP contribution < -0.4 is 9.75 Å². The molecule has 120 valence electrons. The quantitative estimate of drug-likeness (QED) is 0.807. The third-order valence-corrected chi connectivity index (χ3v) is 3.09. The second kappa shape index (κ2) is 6.43. The van der Waals surface area contributed by atoms with Gasteiger partial charge in [0, 0.05) is 20.8 Å². The maximum atomic E-state index is 11.8. The Kier molecular flexibility index (Phi) is 4.59. The summed E-state index contributed by atoms with van der Waals surface area (Å²) in [5.74, 6) is -1.61. The van der Waals surface area contributed by atoms with E-state index in [1.807, 2.05) is 30.3 Å². The van der Waals surface area contributed by atoms with Crippen LogP contribution >= 0.6 is 0 Å². The summed E-state index contributed by atoms with van der Waals surface area (Å²) in [6, 6.07) is 9.17. The lowest BCUT2D eigenvalue weighted by atomic mass is 10.1. The summed E-state index contributed by atoms with van der Waals surface area (Å²) in [5.41, 5.74) is 1.84. The van der Waals surface area contributed by atoms with Crippen molar-refractivity contribution in [3.8, 4) is 17.0 Å². The normalized spacial score (nSPS) is 10.3. The number of imide groups is 1. The highest BCUT2D eigenvalue weighted by Gasteiger charge is 2.27. The van der Waals surface area contributed by atoms with Crippen molar-refractivity contribution in [1.29, 1.82) is 0 Å². The number of hydrogen-bond donors (Lipinski definition) is 0. The number of carbonyl (C=O) groups is 3. The van der Waals surface area contributed by atoms with Crippen LogP contribution in [0.1, 0.15) is 26.5 Å². The molecular formula is C16H17N3O4. The minimum atomic E-state index is -0.574. The fourth-order valence-corrected chi connectivity index (χ4v) is 2.28. The van der Waals surface area contributed by atoms with E-state index in [2.05, 4.69) is 5.10 Å². The van der Waals surface area contributed by atoms with Crippen molar-refractivity contribution >= 4 is 17.8 Å². The van der Waals surface area contributed by atoms with Crippen LogP contribution in [0.25, 0.3) is 11.1 Å². The van der Waals surface area contributed by atoms with Crippen molar-refractivity contribution in [2.75, 3.05) is 5.01 Å². The number of nitrogens with zero attached hydrogens (tertiary/aromatic N) is 3. The van der Waals surface area contributed by atoms with Crippen molar-refractivity contribution in [2.45, 2.75) is 27.7 Å². The molecule has 1 aromatic heterocycles. The van der Waals surface area contributed by atoms with Gasteiger partial charge in [-0.3, -0.25) is 14.4 Å². The highest BCUT2D eigenvalue weighted by Crippen LogP contribution is 2.33. The molecule has 0 aliphatic carbocycles. The van der Waals surface area contributed by atoms with Gasteiger partial charge in [0.05, 0.1) is 11.3 Å². The SMILES string of the molecule is CC(=O)Oc1c(-c2ccccc2)c(C)nn1N(C(C)=O)C(C)=O. The monoisotopic (exact) mass is 315 g/mol. The molecule has 0 saturated carbocycles. The van der Waals surface area contributed by atoms with E-state index >= 15 is 0 Å². The Balaban J connectivity index is 2.71. The lowest BCUT2D eigenvalue weighted by Crippen LogP contribution is -2.43. The topological polar surface area (TPSA) is 81.5 Å². The first kappa shape index (κ1) is 16.4. The van der Waals surface area contributed by atoms with Gasteiger partial charge in [-0.15, -0.1) is 4.79 Å². The predicted molar refractivity (Wildman–Crippen MR) is 83.3 cm³/mol. The van der Waals surface area contributed by atoms with Crippen LogP contribution in [0.2, 0.25) is 0 Å². The molecule has 1 aromatic carbocycles. The summed E-state index contributed by atoms with van der Waals surface area (Å²) in [4.78, 5) is 36.1. The van der Waals surface area contributed by atoms with Gasteiger partial charge in [0.15, 0.2) is 0 Å². The Morgan fingerprint density at radius 1 is 1.04 bits per heavy atom. The lowest BCUT2D eigenvalue weighted by molar-refractivity contribution is -0.133. The van der Waals surface area contributed by atoms with Crippen LogP contribution in [0.4, 0.5) is 0 Å². The summed E-state index contributed by atoms with van der Waals surface area (Å²) in [7, 11) is 0. The second-order valence-corrected chi connectivity index (χ2v) is 4.96. The zero-order chi connectivity index (χ0) is 17.1. The van der Waals surface area contributed by atoms with Gasteiger partial charge in [0.25, 0.3) is 0 Å². The van der Waals surface area contributed by atoms with Crippen molar-refractivity contribution in [1.82, 2.24) is 9.89 Å². The number of rotatable bonds is 3.